The lowest BCUT2D eigenvalue weighted by atomic mass is 10.3. The van der Waals surface area contributed by atoms with Crippen LogP contribution in [0, 0.1) is 6.16 Å². The third-order valence-corrected chi connectivity index (χ3v) is 3.99. The molecule has 1 atom stereocenters. The Bertz CT molecular complexity index is 136. The van der Waals surface area contributed by atoms with Crippen LogP contribution in [0.2, 0.25) is 0 Å². The van der Waals surface area contributed by atoms with E-state index in [1.807, 2.05) is 12.0 Å². The third kappa shape index (κ3) is 4.52. The van der Waals surface area contributed by atoms with Gasteiger partial charge >= 0.3 is 0 Å². The van der Waals surface area contributed by atoms with Crippen LogP contribution in [0.3, 0.4) is 0 Å². The Morgan fingerprint density at radius 1 is 1.36 bits per heavy atom. The van der Waals surface area contributed by atoms with Crippen molar-refractivity contribution >= 4 is 13.3 Å². The Kier molecular flexibility index (Phi) is 4.91. The summed E-state index contributed by atoms with van der Waals surface area (Å²) in [5, 5.41) is 17.5. The molecule has 0 radical (unpaired) electrons. The molecular weight excluding hydrogens is 159 g/mol. The molecule has 0 aliphatic carbocycles. The molecule has 0 saturated heterocycles. The van der Waals surface area contributed by atoms with E-state index < -0.39 is 7.55 Å². The van der Waals surface area contributed by atoms with Gasteiger partial charge in [0.1, 0.15) is 0 Å². The van der Waals surface area contributed by atoms with E-state index in [2.05, 4.69) is 20.8 Å². The Labute approximate surface area is 69.6 Å². The van der Waals surface area contributed by atoms with Crippen molar-refractivity contribution in [2.75, 3.05) is 13.2 Å². The first-order chi connectivity index (χ1) is 5.02. The maximum absolute atomic E-state index is 8.69. The topological polar surface area (TPSA) is 40.5 Å². The van der Waals surface area contributed by atoms with E-state index in [1.54, 1.807) is 0 Å². The Morgan fingerprint density at radius 2 is 1.91 bits per heavy atom. The zero-order valence-corrected chi connectivity index (χ0v) is 8.30. The van der Waals surface area contributed by atoms with Gasteiger partial charge in [-0.05, 0) is 27.4 Å². The van der Waals surface area contributed by atoms with E-state index in [-0.39, 0.29) is 18.4 Å². The molecule has 0 aromatic heterocycles. The first-order valence-electron chi connectivity index (χ1n) is 3.69. The molecule has 0 fully saturated rings. The molecule has 0 aliphatic heterocycles. The highest BCUT2D eigenvalue weighted by Crippen LogP contribution is 2.41. The van der Waals surface area contributed by atoms with E-state index in [4.69, 9.17) is 10.2 Å². The van der Waals surface area contributed by atoms with E-state index >= 15 is 0 Å². The van der Waals surface area contributed by atoms with Crippen molar-refractivity contribution in [1.29, 1.82) is 0 Å². The minimum Gasteiger partial charge on any atom is -0.425 e. The number of aliphatic hydroxyl groups excluding tert-OH is 2. The predicted octanol–water partition coefficient (Wildman–Crippen LogP) is 1.22. The van der Waals surface area contributed by atoms with Gasteiger partial charge < -0.3 is 10.2 Å². The minimum atomic E-state index is -0.452. The maximum Gasteiger partial charge on any atom is 0.0974 e. The molecule has 0 aliphatic rings. The smallest absolute Gasteiger partial charge is 0.0974 e. The number of rotatable bonds is 3. The summed E-state index contributed by atoms with van der Waals surface area (Å²) in [6.45, 7) is 6.52. The van der Waals surface area contributed by atoms with Crippen LogP contribution in [0.15, 0.2) is 0 Å². The summed E-state index contributed by atoms with van der Waals surface area (Å²) in [4.78, 5) is 0. The van der Waals surface area contributed by atoms with Crippen molar-refractivity contribution in [2.24, 2.45) is 0 Å². The molecule has 0 aromatic carbocycles. The highest BCUT2D eigenvalue weighted by molar-refractivity contribution is 7.61. The summed E-state index contributed by atoms with van der Waals surface area (Å²) in [6.07, 6.45) is 1.87. The van der Waals surface area contributed by atoms with Crippen LogP contribution in [0.25, 0.3) is 0 Å². The molecule has 0 aromatic rings. The largest absolute Gasteiger partial charge is 0.425 e. The Balaban J connectivity index is 4.22. The minimum absolute atomic E-state index is 0.0967. The summed E-state index contributed by atoms with van der Waals surface area (Å²) in [7, 11) is -0.452. The molecule has 2 N–H and O–H groups in total. The van der Waals surface area contributed by atoms with Crippen LogP contribution >= 0.6 is 7.55 Å². The summed E-state index contributed by atoms with van der Waals surface area (Å²) >= 11 is 0. The first-order valence-corrected chi connectivity index (χ1v) is 5.17. The highest BCUT2D eigenvalue weighted by atomic mass is 31.1. The number of hydrogen-bond acceptors (Lipinski definition) is 2. The monoisotopic (exact) mass is 176 g/mol. The molecule has 1 unspecified atom stereocenters. The van der Waals surface area contributed by atoms with Gasteiger partial charge in [-0.2, -0.15) is 0 Å². The quantitative estimate of drug-likeness (QED) is 0.501. The molecule has 0 saturated carbocycles. The van der Waals surface area contributed by atoms with Crippen LogP contribution < -0.4 is 0 Å². The zero-order valence-electron chi connectivity index (χ0n) is 7.41. The highest BCUT2D eigenvalue weighted by Gasteiger charge is 2.19. The molecule has 0 amide bonds. The number of hydrogen-bond donors (Lipinski definition) is 2. The van der Waals surface area contributed by atoms with Gasteiger partial charge in [-0.15, -0.1) is 0 Å². The maximum atomic E-state index is 8.69. The van der Waals surface area contributed by atoms with E-state index in [1.165, 1.54) is 0 Å². The second kappa shape index (κ2) is 4.87. The summed E-state index contributed by atoms with van der Waals surface area (Å²) in [6, 6.07) is 0. The van der Waals surface area contributed by atoms with Crippen molar-refractivity contribution < 1.29 is 10.2 Å². The molecule has 0 heterocycles. The summed E-state index contributed by atoms with van der Waals surface area (Å²) in [5.74, 6) is 1.87. The van der Waals surface area contributed by atoms with E-state index in [0.29, 0.717) is 0 Å². The lowest BCUT2D eigenvalue weighted by molar-refractivity contribution is 0.336. The second-order valence-corrected chi connectivity index (χ2v) is 6.19. The Morgan fingerprint density at radius 3 is 2.18 bits per heavy atom. The molecule has 66 valence electrons. The van der Waals surface area contributed by atoms with Gasteiger partial charge in [0.05, 0.1) is 17.6 Å². The summed E-state index contributed by atoms with van der Waals surface area (Å²) in [5.41, 5.74) is 0. The fraction of sp³-hybridized carbons (Fsp3) is 0.750. The molecule has 11 heavy (non-hydrogen) atoms. The van der Waals surface area contributed by atoms with Crippen LogP contribution in [-0.2, 0) is 0 Å². The average Bonchev–Trinajstić information content (AvgIpc) is 1.85. The lowest BCUT2D eigenvalue weighted by Crippen LogP contribution is -2.10. The fourth-order valence-electron chi connectivity index (χ4n) is 0.798. The van der Waals surface area contributed by atoms with Crippen LogP contribution in [0.5, 0.6) is 0 Å². The van der Waals surface area contributed by atoms with E-state index in [9.17, 15) is 0 Å². The standard InChI is InChI=1S/C8H17O2P/c1-8(2,3)11(6-4-9)7-5-10/h6-7,9-10H,4-5H2,1-3H3. The fourth-order valence-corrected chi connectivity index (χ4v) is 2.39. The van der Waals surface area contributed by atoms with Gasteiger partial charge in [0.15, 0.2) is 0 Å². The Hall–Kier alpha value is 0.0900. The van der Waals surface area contributed by atoms with Gasteiger partial charge in [0.25, 0.3) is 0 Å². The normalized spacial score (nSPS) is 13.7. The lowest BCUT2D eigenvalue weighted by Gasteiger charge is -2.18. The molecule has 2 nitrogen and oxygen atoms in total. The van der Waals surface area contributed by atoms with Gasteiger partial charge in [0.2, 0.25) is 0 Å². The van der Waals surface area contributed by atoms with Crippen molar-refractivity contribution in [2.45, 2.75) is 25.9 Å². The van der Waals surface area contributed by atoms with Crippen LogP contribution in [0.4, 0.5) is 0 Å². The average molecular weight is 176 g/mol. The van der Waals surface area contributed by atoms with Gasteiger partial charge in [-0.3, -0.25) is 0 Å². The molecular formula is C8H17O2P. The zero-order chi connectivity index (χ0) is 8.91. The third-order valence-electron chi connectivity index (χ3n) is 1.33. The molecule has 3 heteroatoms. The van der Waals surface area contributed by atoms with Crippen molar-refractivity contribution in [1.82, 2.24) is 0 Å². The molecule has 0 bridgehead atoms. The van der Waals surface area contributed by atoms with Crippen LogP contribution in [0.1, 0.15) is 20.8 Å². The van der Waals surface area contributed by atoms with Gasteiger partial charge in [0, 0.05) is 0 Å². The van der Waals surface area contributed by atoms with Crippen molar-refractivity contribution in [3.63, 3.8) is 0 Å². The molecule has 0 spiro atoms. The van der Waals surface area contributed by atoms with E-state index in [0.717, 1.165) is 0 Å². The molecule has 0 rings (SSSR count). The van der Waals surface area contributed by atoms with Crippen molar-refractivity contribution in [3.05, 3.63) is 6.16 Å². The second-order valence-electron chi connectivity index (χ2n) is 3.31. The predicted molar refractivity (Wildman–Crippen MR) is 51.2 cm³/mol. The van der Waals surface area contributed by atoms with Crippen LogP contribution in [-0.4, -0.2) is 34.4 Å². The van der Waals surface area contributed by atoms with Gasteiger partial charge in [-0.25, -0.2) is 0 Å². The number of aliphatic hydroxyl groups is 2. The first kappa shape index (κ1) is 11.1. The summed E-state index contributed by atoms with van der Waals surface area (Å²) < 4.78 is 0. The SMILES string of the molecule is CC(C)(C)/[P+](=C/CO)[CH-]CO. The van der Waals surface area contributed by atoms with Crippen molar-refractivity contribution in [3.8, 4) is 0 Å². The van der Waals surface area contributed by atoms with Gasteiger partial charge in [-0.1, -0.05) is 13.7 Å².